The highest BCUT2D eigenvalue weighted by Crippen LogP contribution is 2.40. The number of carbonyl (C=O) groups is 1. The summed E-state index contributed by atoms with van der Waals surface area (Å²) in [7, 11) is 0. The van der Waals surface area contributed by atoms with Crippen molar-refractivity contribution in [3.63, 3.8) is 0 Å². The summed E-state index contributed by atoms with van der Waals surface area (Å²) in [5.74, 6) is 0.436. The van der Waals surface area contributed by atoms with Crippen LogP contribution in [-0.4, -0.2) is 42.0 Å². The van der Waals surface area contributed by atoms with E-state index in [9.17, 15) is 4.79 Å². The van der Waals surface area contributed by atoms with E-state index in [0.717, 1.165) is 32.4 Å². The van der Waals surface area contributed by atoms with E-state index in [1.54, 1.807) is 0 Å². The molecule has 3 rings (SSSR count). The Balaban J connectivity index is 1.64. The molecule has 3 fully saturated rings. The summed E-state index contributed by atoms with van der Waals surface area (Å²) < 4.78 is 6.14. The molecule has 0 radical (unpaired) electrons. The molecule has 0 N–H and O–H groups in total. The zero-order chi connectivity index (χ0) is 12.4. The molecule has 0 aromatic heterocycles. The van der Waals surface area contributed by atoms with Crippen LogP contribution in [0.3, 0.4) is 0 Å². The van der Waals surface area contributed by atoms with Crippen molar-refractivity contribution in [3.8, 4) is 0 Å². The van der Waals surface area contributed by atoms with Crippen LogP contribution >= 0.6 is 0 Å². The zero-order valence-corrected chi connectivity index (χ0v) is 11.3. The number of carbonyl (C=O) groups excluding carboxylic acids is 1. The predicted octanol–water partition coefficient (Wildman–Crippen LogP) is 2.53. The average molecular weight is 251 g/mol. The van der Waals surface area contributed by atoms with Gasteiger partial charge >= 0.3 is 0 Å². The van der Waals surface area contributed by atoms with Crippen molar-refractivity contribution < 1.29 is 9.53 Å². The molecule has 2 heterocycles. The van der Waals surface area contributed by atoms with Crippen LogP contribution in [0.2, 0.25) is 0 Å². The van der Waals surface area contributed by atoms with Crippen molar-refractivity contribution in [1.29, 1.82) is 0 Å². The highest BCUT2D eigenvalue weighted by atomic mass is 16.5. The van der Waals surface area contributed by atoms with Crippen LogP contribution in [0.4, 0.5) is 0 Å². The maximum atomic E-state index is 11.6. The maximum absolute atomic E-state index is 11.6. The first kappa shape index (κ1) is 12.6. The lowest BCUT2D eigenvalue weighted by Gasteiger charge is -2.47. The molecule has 1 unspecified atom stereocenters. The average Bonchev–Trinajstić information content (AvgIpc) is 2.40. The lowest BCUT2D eigenvalue weighted by molar-refractivity contribution is -0.135. The Morgan fingerprint density at radius 3 is 2.78 bits per heavy atom. The van der Waals surface area contributed by atoms with Gasteiger partial charge in [0.1, 0.15) is 5.78 Å². The highest BCUT2D eigenvalue weighted by molar-refractivity contribution is 5.81. The number of nitrogens with zero attached hydrogens (tertiary/aromatic N) is 1. The largest absolute Gasteiger partial charge is 0.375 e. The molecule has 102 valence electrons. The topological polar surface area (TPSA) is 29.5 Å². The monoisotopic (exact) mass is 251 g/mol. The van der Waals surface area contributed by atoms with E-state index in [2.05, 4.69) is 4.90 Å². The van der Waals surface area contributed by atoms with Gasteiger partial charge in [-0.2, -0.15) is 0 Å². The smallest absolute Gasteiger partial charge is 0.146 e. The molecular formula is C15H25NO2. The van der Waals surface area contributed by atoms with Gasteiger partial charge in [0.05, 0.1) is 12.1 Å². The molecule has 0 bridgehead atoms. The van der Waals surface area contributed by atoms with Crippen molar-refractivity contribution in [3.05, 3.63) is 0 Å². The van der Waals surface area contributed by atoms with E-state index < -0.39 is 0 Å². The summed E-state index contributed by atoms with van der Waals surface area (Å²) in [4.78, 5) is 14.0. The number of rotatable bonds is 1. The van der Waals surface area contributed by atoms with E-state index in [4.69, 9.17) is 4.74 Å². The summed E-state index contributed by atoms with van der Waals surface area (Å²) in [6.45, 7) is 2.71. The van der Waals surface area contributed by atoms with Gasteiger partial charge in [0.25, 0.3) is 0 Å². The second-order valence-corrected chi connectivity index (χ2v) is 6.35. The summed E-state index contributed by atoms with van der Waals surface area (Å²) in [5.41, 5.74) is 0.168. The molecule has 0 aromatic carbocycles. The molecule has 3 aliphatic rings. The number of ketones is 1. The summed E-state index contributed by atoms with van der Waals surface area (Å²) in [5, 5.41) is 0. The number of piperidine rings is 1. The van der Waals surface area contributed by atoms with Crippen LogP contribution in [-0.2, 0) is 9.53 Å². The van der Waals surface area contributed by atoms with Gasteiger partial charge in [-0.1, -0.05) is 19.3 Å². The molecule has 3 nitrogen and oxygen atoms in total. The van der Waals surface area contributed by atoms with Crippen molar-refractivity contribution in [1.82, 2.24) is 4.90 Å². The zero-order valence-electron chi connectivity index (χ0n) is 11.3. The second kappa shape index (κ2) is 5.30. The molecule has 3 heteroatoms. The van der Waals surface area contributed by atoms with Crippen molar-refractivity contribution in [2.24, 2.45) is 0 Å². The minimum absolute atomic E-state index is 0.168. The number of hydrogen-bond acceptors (Lipinski definition) is 3. The normalized spacial score (nSPS) is 33.8. The van der Waals surface area contributed by atoms with Crippen LogP contribution in [0, 0.1) is 0 Å². The molecule has 0 amide bonds. The first-order valence-electron chi connectivity index (χ1n) is 7.67. The second-order valence-electron chi connectivity index (χ2n) is 6.35. The quantitative estimate of drug-likeness (QED) is 0.717. The Hall–Kier alpha value is -0.410. The van der Waals surface area contributed by atoms with Crippen LogP contribution < -0.4 is 0 Å². The van der Waals surface area contributed by atoms with E-state index in [0.29, 0.717) is 18.4 Å². The molecule has 0 aromatic rings. The highest BCUT2D eigenvalue weighted by Gasteiger charge is 2.40. The van der Waals surface area contributed by atoms with Gasteiger partial charge in [-0.3, -0.25) is 9.69 Å². The third kappa shape index (κ3) is 2.62. The molecule has 2 saturated heterocycles. The molecule has 1 saturated carbocycles. The van der Waals surface area contributed by atoms with Crippen molar-refractivity contribution >= 4 is 5.78 Å². The fraction of sp³-hybridized carbons (Fsp3) is 0.933. The minimum atomic E-state index is 0.168. The molecule has 2 aliphatic heterocycles. The summed E-state index contributed by atoms with van der Waals surface area (Å²) >= 11 is 0. The first-order valence-corrected chi connectivity index (χ1v) is 7.67. The lowest BCUT2D eigenvalue weighted by atomic mass is 9.77. The van der Waals surface area contributed by atoms with Gasteiger partial charge in [0.2, 0.25) is 0 Å². The first-order chi connectivity index (χ1) is 8.77. The van der Waals surface area contributed by atoms with E-state index in [-0.39, 0.29) is 5.60 Å². The van der Waals surface area contributed by atoms with E-state index >= 15 is 0 Å². The van der Waals surface area contributed by atoms with Crippen LogP contribution in [0.5, 0.6) is 0 Å². The fourth-order valence-electron chi connectivity index (χ4n) is 4.03. The van der Waals surface area contributed by atoms with E-state index in [1.807, 2.05) is 0 Å². The van der Waals surface area contributed by atoms with Gasteiger partial charge < -0.3 is 4.74 Å². The van der Waals surface area contributed by atoms with Gasteiger partial charge in [0, 0.05) is 19.1 Å². The summed E-state index contributed by atoms with van der Waals surface area (Å²) in [6.07, 6.45) is 10.6. The molecular weight excluding hydrogens is 226 g/mol. The number of hydrogen-bond donors (Lipinski definition) is 0. The summed E-state index contributed by atoms with van der Waals surface area (Å²) in [6, 6.07) is 0.598. The minimum Gasteiger partial charge on any atom is -0.375 e. The SMILES string of the molecule is O=C1CCCN(C2CCOC3(CCCCC3)C2)C1. The van der Waals surface area contributed by atoms with Gasteiger partial charge in [-0.25, -0.2) is 0 Å². The third-order valence-electron chi connectivity index (χ3n) is 5.03. The Morgan fingerprint density at radius 1 is 1.17 bits per heavy atom. The Bertz CT molecular complexity index is 304. The molecule has 1 spiro atoms. The van der Waals surface area contributed by atoms with Crippen molar-refractivity contribution in [2.75, 3.05) is 19.7 Å². The maximum Gasteiger partial charge on any atom is 0.146 e. The van der Waals surface area contributed by atoms with E-state index in [1.165, 1.54) is 38.5 Å². The Labute approximate surface area is 110 Å². The number of likely N-dealkylation sites (tertiary alicyclic amines) is 1. The molecule has 18 heavy (non-hydrogen) atoms. The van der Waals surface area contributed by atoms with Gasteiger partial charge in [-0.05, 0) is 38.6 Å². The van der Waals surface area contributed by atoms with Gasteiger partial charge in [-0.15, -0.1) is 0 Å². The Morgan fingerprint density at radius 2 is 2.00 bits per heavy atom. The van der Waals surface area contributed by atoms with Crippen molar-refractivity contribution in [2.45, 2.75) is 69.4 Å². The lowest BCUT2D eigenvalue weighted by Crippen LogP contribution is -2.52. The fourth-order valence-corrected chi connectivity index (χ4v) is 4.03. The van der Waals surface area contributed by atoms with Crippen LogP contribution in [0.15, 0.2) is 0 Å². The predicted molar refractivity (Wildman–Crippen MR) is 70.6 cm³/mol. The Kier molecular flexibility index (Phi) is 3.71. The number of Topliss-reactive ketones (excluding diaryl/α,β-unsaturated/α-hetero) is 1. The molecule has 1 atom stereocenters. The third-order valence-corrected chi connectivity index (χ3v) is 5.03. The van der Waals surface area contributed by atoms with Crippen LogP contribution in [0.25, 0.3) is 0 Å². The molecule has 1 aliphatic carbocycles. The standard InChI is InChI=1S/C15H25NO2/c17-14-5-4-9-16(12-14)13-6-10-18-15(11-13)7-2-1-3-8-15/h13H,1-12H2. The van der Waals surface area contributed by atoms with Gasteiger partial charge in [0.15, 0.2) is 0 Å². The number of ether oxygens (including phenoxy) is 1. The van der Waals surface area contributed by atoms with Crippen LogP contribution in [0.1, 0.15) is 57.8 Å².